The Labute approximate surface area is 131 Å². The van der Waals surface area contributed by atoms with Crippen LogP contribution >= 0.6 is 11.3 Å². The first-order valence-corrected chi connectivity index (χ1v) is 7.58. The third-order valence-corrected chi connectivity index (χ3v) is 4.11. The van der Waals surface area contributed by atoms with Gasteiger partial charge in [-0.05, 0) is 31.2 Å². The second kappa shape index (κ2) is 6.48. The van der Waals surface area contributed by atoms with Crippen LogP contribution in [0.25, 0.3) is 0 Å². The van der Waals surface area contributed by atoms with Crippen molar-refractivity contribution < 1.29 is 13.6 Å². The average molecular weight is 317 g/mol. The van der Waals surface area contributed by atoms with Gasteiger partial charge in [-0.25, -0.2) is 4.98 Å². The Hall–Kier alpha value is -2.54. The first-order chi connectivity index (χ1) is 10.7. The number of furan rings is 2. The monoisotopic (exact) mass is 317 g/mol. The Morgan fingerprint density at radius 1 is 1.18 bits per heavy atom. The van der Waals surface area contributed by atoms with Crippen molar-refractivity contribution in [1.82, 2.24) is 10.3 Å². The molecule has 0 aliphatic carbocycles. The highest BCUT2D eigenvalue weighted by molar-refractivity contribution is 7.17. The summed E-state index contributed by atoms with van der Waals surface area (Å²) in [7, 11) is 0. The molecule has 0 bridgehead atoms. The van der Waals surface area contributed by atoms with Crippen molar-refractivity contribution in [3.8, 4) is 0 Å². The minimum absolute atomic E-state index is 0.155. The molecule has 0 radical (unpaired) electrons. The largest absolute Gasteiger partial charge is 0.467 e. The minimum Gasteiger partial charge on any atom is -0.467 e. The van der Waals surface area contributed by atoms with Crippen molar-refractivity contribution in [3.05, 3.63) is 58.9 Å². The molecule has 3 heterocycles. The molecular weight excluding hydrogens is 302 g/mol. The number of hydrogen-bond donors (Lipinski definition) is 2. The third kappa shape index (κ3) is 3.37. The number of nitrogens with zero attached hydrogens (tertiary/aromatic N) is 1. The molecule has 1 amide bonds. The summed E-state index contributed by atoms with van der Waals surface area (Å²) in [5, 5.41) is 6.66. The lowest BCUT2D eigenvalue weighted by Crippen LogP contribution is -2.22. The molecule has 0 fully saturated rings. The van der Waals surface area contributed by atoms with Gasteiger partial charge >= 0.3 is 0 Å². The predicted molar refractivity (Wildman–Crippen MR) is 82.8 cm³/mol. The van der Waals surface area contributed by atoms with Crippen molar-refractivity contribution in [2.45, 2.75) is 20.0 Å². The van der Waals surface area contributed by atoms with Gasteiger partial charge in [-0.15, -0.1) is 0 Å². The van der Waals surface area contributed by atoms with Gasteiger partial charge in [0.05, 0.1) is 31.3 Å². The fourth-order valence-electron chi connectivity index (χ4n) is 1.92. The van der Waals surface area contributed by atoms with Gasteiger partial charge in [-0.3, -0.25) is 4.79 Å². The van der Waals surface area contributed by atoms with Gasteiger partial charge in [0.1, 0.15) is 16.4 Å². The Balaban J connectivity index is 1.60. The van der Waals surface area contributed by atoms with E-state index in [1.54, 1.807) is 18.6 Å². The minimum atomic E-state index is -0.155. The number of aromatic nitrogens is 1. The van der Waals surface area contributed by atoms with Crippen LogP contribution in [0, 0.1) is 6.92 Å². The molecule has 114 valence electrons. The highest BCUT2D eigenvalue weighted by atomic mass is 32.1. The van der Waals surface area contributed by atoms with Crippen LogP contribution in [0.5, 0.6) is 0 Å². The van der Waals surface area contributed by atoms with Gasteiger partial charge < -0.3 is 19.5 Å². The number of rotatable bonds is 6. The van der Waals surface area contributed by atoms with E-state index >= 15 is 0 Å². The number of carbonyl (C=O) groups is 1. The van der Waals surface area contributed by atoms with Crippen LogP contribution in [-0.2, 0) is 13.1 Å². The van der Waals surface area contributed by atoms with Crippen molar-refractivity contribution in [2.24, 2.45) is 0 Å². The Bertz CT molecular complexity index is 732. The second-order valence-corrected chi connectivity index (χ2v) is 5.63. The van der Waals surface area contributed by atoms with Gasteiger partial charge in [0, 0.05) is 0 Å². The molecule has 6 nitrogen and oxygen atoms in total. The van der Waals surface area contributed by atoms with E-state index < -0.39 is 0 Å². The number of hydrogen-bond acceptors (Lipinski definition) is 6. The van der Waals surface area contributed by atoms with Gasteiger partial charge in [-0.2, -0.15) is 0 Å². The molecule has 2 N–H and O–H groups in total. The maximum Gasteiger partial charge on any atom is 0.263 e. The quantitative estimate of drug-likeness (QED) is 0.730. The van der Waals surface area contributed by atoms with Gasteiger partial charge in [0.15, 0.2) is 5.13 Å². The lowest BCUT2D eigenvalue weighted by atomic mass is 10.3. The van der Waals surface area contributed by atoms with Crippen molar-refractivity contribution >= 4 is 22.4 Å². The molecule has 0 spiro atoms. The van der Waals surface area contributed by atoms with Crippen LogP contribution in [0.4, 0.5) is 5.13 Å². The topological polar surface area (TPSA) is 80.3 Å². The summed E-state index contributed by atoms with van der Waals surface area (Å²) in [6, 6.07) is 7.31. The van der Waals surface area contributed by atoms with Crippen LogP contribution in [0.15, 0.2) is 45.6 Å². The summed E-state index contributed by atoms with van der Waals surface area (Å²) in [5.74, 6) is 1.38. The normalized spacial score (nSPS) is 10.6. The van der Waals surface area contributed by atoms with Crippen LogP contribution in [0.1, 0.15) is 26.9 Å². The van der Waals surface area contributed by atoms with E-state index in [-0.39, 0.29) is 5.91 Å². The fourth-order valence-corrected chi connectivity index (χ4v) is 2.80. The summed E-state index contributed by atoms with van der Waals surface area (Å²) < 4.78 is 10.4. The number of nitrogens with one attached hydrogen (secondary N) is 2. The standard InChI is InChI=1S/C15H15N3O3S/c1-10-13(14(19)16-8-11-4-2-6-20-11)22-15(18-10)17-9-12-5-3-7-21-12/h2-7H,8-9H2,1H3,(H,16,19)(H,17,18). The first-order valence-electron chi connectivity index (χ1n) is 6.76. The average Bonchev–Trinajstić information content (AvgIpc) is 3.24. The number of carbonyl (C=O) groups excluding carboxylic acids is 1. The lowest BCUT2D eigenvalue weighted by molar-refractivity contribution is 0.0951. The van der Waals surface area contributed by atoms with Crippen molar-refractivity contribution in [2.75, 3.05) is 5.32 Å². The molecule has 0 aliphatic heterocycles. The number of aryl methyl sites for hydroxylation is 1. The molecular formula is C15H15N3O3S. The van der Waals surface area contributed by atoms with Crippen LogP contribution in [-0.4, -0.2) is 10.9 Å². The second-order valence-electron chi connectivity index (χ2n) is 4.63. The number of thiazole rings is 1. The molecule has 3 aromatic rings. The van der Waals surface area contributed by atoms with Gasteiger partial charge in [0.25, 0.3) is 5.91 Å². The number of anilines is 1. The Kier molecular flexibility index (Phi) is 4.24. The zero-order chi connectivity index (χ0) is 15.4. The van der Waals surface area contributed by atoms with Gasteiger partial charge in [-0.1, -0.05) is 11.3 Å². The van der Waals surface area contributed by atoms with Crippen LogP contribution in [0.3, 0.4) is 0 Å². The molecule has 3 aromatic heterocycles. The van der Waals surface area contributed by atoms with Gasteiger partial charge in [0.2, 0.25) is 0 Å². The summed E-state index contributed by atoms with van der Waals surface area (Å²) in [6.45, 7) is 2.71. The van der Waals surface area contributed by atoms with E-state index in [0.717, 1.165) is 5.76 Å². The van der Waals surface area contributed by atoms with Crippen molar-refractivity contribution in [3.63, 3.8) is 0 Å². The Morgan fingerprint density at radius 2 is 1.86 bits per heavy atom. The smallest absolute Gasteiger partial charge is 0.263 e. The fraction of sp³-hybridized carbons (Fsp3) is 0.200. The zero-order valence-corrected chi connectivity index (χ0v) is 12.8. The van der Waals surface area contributed by atoms with E-state index in [1.165, 1.54) is 11.3 Å². The first kappa shape index (κ1) is 14.4. The lowest BCUT2D eigenvalue weighted by Gasteiger charge is -2.01. The molecule has 3 rings (SSSR count). The third-order valence-electron chi connectivity index (χ3n) is 3.00. The van der Waals surface area contributed by atoms with Crippen LogP contribution in [0.2, 0.25) is 0 Å². The molecule has 0 saturated heterocycles. The molecule has 22 heavy (non-hydrogen) atoms. The highest BCUT2D eigenvalue weighted by Crippen LogP contribution is 2.23. The molecule has 0 saturated carbocycles. The molecule has 0 atom stereocenters. The maximum atomic E-state index is 12.2. The molecule has 0 unspecified atom stereocenters. The summed E-state index contributed by atoms with van der Waals surface area (Å²) in [4.78, 5) is 17.1. The summed E-state index contributed by atoms with van der Waals surface area (Å²) in [6.07, 6.45) is 3.20. The maximum absolute atomic E-state index is 12.2. The SMILES string of the molecule is Cc1nc(NCc2ccco2)sc1C(=O)NCc1ccco1. The van der Waals surface area contributed by atoms with E-state index in [1.807, 2.05) is 25.1 Å². The zero-order valence-electron chi connectivity index (χ0n) is 12.0. The molecule has 0 aromatic carbocycles. The van der Waals surface area contributed by atoms with Crippen LogP contribution < -0.4 is 10.6 Å². The molecule has 7 heteroatoms. The predicted octanol–water partition coefficient (Wildman–Crippen LogP) is 3.18. The van der Waals surface area contributed by atoms with E-state index in [0.29, 0.717) is 34.6 Å². The number of amides is 1. The Morgan fingerprint density at radius 3 is 2.50 bits per heavy atom. The summed E-state index contributed by atoms with van der Waals surface area (Å²) >= 11 is 1.32. The van der Waals surface area contributed by atoms with E-state index in [2.05, 4.69) is 15.6 Å². The van der Waals surface area contributed by atoms with E-state index in [4.69, 9.17) is 8.83 Å². The summed E-state index contributed by atoms with van der Waals surface area (Å²) in [5.41, 5.74) is 0.698. The molecule has 0 aliphatic rings. The highest BCUT2D eigenvalue weighted by Gasteiger charge is 2.15. The van der Waals surface area contributed by atoms with Crippen molar-refractivity contribution in [1.29, 1.82) is 0 Å². The van der Waals surface area contributed by atoms with E-state index in [9.17, 15) is 4.79 Å².